The third-order valence-electron chi connectivity index (χ3n) is 5.55. The molecule has 1 aliphatic carbocycles. The van der Waals surface area contributed by atoms with E-state index in [1.54, 1.807) is 21.8 Å². The Hall–Kier alpha value is -1.22. The Morgan fingerprint density at radius 3 is 2.54 bits per heavy atom. The summed E-state index contributed by atoms with van der Waals surface area (Å²) >= 11 is 1.55. The van der Waals surface area contributed by atoms with Gasteiger partial charge in [0, 0.05) is 32.4 Å². The summed E-state index contributed by atoms with van der Waals surface area (Å²) in [6.07, 6.45) is 6.34. The van der Waals surface area contributed by atoms with E-state index in [0.717, 1.165) is 37.4 Å². The van der Waals surface area contributed by atoms with Crippen molar-refractivity contribution in [1.29, 1.82) is 0 Å². The van der Waals surface area contributed by atoms with E-state index in [1.165, 1.54) is 12.8 Å². The van der Waals surface area contributed by atoms with E-state index < -0.39 is 10.0 Å². The van der Waals surface area contributed by atoms with E-state index in [0.29, 0.717) is 29.7 Å². The second-order valence-corrected chi connectivity index (χ2v) is 9.93. The summed E-state index contributed by atoms with van der Waals surface area (Å²) in [6, 6.07) is 4.24. The first-order valence-corrected chi connectivity index (χ1v) is 11.8. The average Bonchev–Trinajstić information content (AvgIpc) is 3.41. The van der Waals surface area contributed by atoms with Crippen molar-refractivity contribution in [2.75, 3.05) is 32.7 Å². The number of piperazine rings is 1. The van der Waals surface area contributed by atoms with Gasteiger partial charge in [0.2, 0.25) is 10.0 Å². The Morgan fingerprint density at radius 1 is 1.19 bits per heavy atom. The zero-order valence-corrected chi connectivity index (χ0v) is 16.8. The zero-order valence-electron chi connectivity index (χ0n) is 15.2. The van der Waals surface area contributed by atoms with E-state index in [9.17, 15) is 8.42 Å². The molecule has 0 bridgehead atoms. The van der Waals surface area contributed by atoms with Gasteiger partial charge in [0.05, 0.1) is 10.9 Å². The van der Waals surface area contributed by atoms with Gasteiger partial charge in [0.15, 0.2) is 0 Å². The summed E-state index contributed by atoms with van der Waals surface area (Å²) in [5, 5.41) is 6.71. The molecule has 26 heavy (non-hydrogen) atoms. The van der Waals surface area contributed by atoms with Crippen LogP contribution in [0.15, 0.2) is 28.6 Å². The van der Waals surface area contributed by atoms with Crippen molar-refractivity contribution in [2.24, 2.45) is 0 Å². The third-order valence-corrected chi connectivity index (χ3v) is 8.32. The van der Waals surface area contributed by atoms with Crippen LogP contribution in [0.25, 0.3) is 10.6 Å². The van der Waals surface area contributed by atoms with Gasteiger partial charge in [-0.1, -0.05) is 25.8 Å². The van der Waals surface area contributed by atoms with Crippen molar-refractivity contribution in [2.45, 2.75) is 43.5 Å². The lowest BCUT2D eigenvalue weighted by atomic mass is 10.3. The average molecular weight is 395 g/mol. The quantitative estimate of drug-likeness (QED) is 0.782. The summed E-state index contributed by atoms with van der Waals surface area (Å²) < 4.78 is 30.3. The number of aromatic nitrogens is 2. The normalized spacial score (nSPS) is 20.8. The number of nitrogens with zero attached hydrogens (tertiary/aromatic N) is 4. The molecule has 0 spiro atoms. The largest absolute Gasteiger partial charge is 0.301 e. The third kappa shape index (κ3) is 3.35. The number of hydrogen-bond acceptors (Lipinski definition) is 5. The van der Waals surface area contributed by atoms with Gasteiger partial charge in [0.25, 0.3) is 0 Å². The lowest BCUT2D eigenvalue weighted by molar-refractivity contribution is 0.196. The summed E-state index contributed by atoms with van der Waals surface area (Å²) in [6.45, 7) is 5.77. The van der Waals surface area contributed by atoms with Crippen molar-refractivity contribution in [1.82, 2.24) is 19.0 Å². The minimum absolute atomic E-state index is 0.328. The number of thiophene rings is 1. The monoisotopic (exact) mass is 394 g/mol. The fourth-order valence-corrected chi connectivity index (χ4v) is 6.28. The Labute approximate surface area is 159 Å². The van der Waals surface area contributed by atoms with Crippen LogP contribution in [0.1, 0.15) is 38.6 Å². The molecule has 2 aliphatic rings. The minimum Gasteiger partial charge on any atom is -0.301 e. The number of rotatable bonds is 5. The molecule has 0 radical (unpaired) electrons. The molecule has 2 aromatic rings. The molecule has 0 aromatic carbocycles. The van der Waals surface area contributed by atoms with Crippen molar-refractivity contribution < 1.29 is 8.42 Å². The number of hydrogen-bond donors (Lipinski definition) is 0. The highest BCUT2D eigenvalue weighted by molar-refractivity contribution is 7.89. The molecule has 0 atom stereocenters. The van der Waals surface area contributed by atoms with Gasteiger partial charge in [-0.15, -0.1) is 11.3 Å². The highest BCUT2D eigenvalue weighted by Gasteiger charge is 2.33. The summed E-state index contributed by atoms with van der Waals surface area (Å²) in [5.74, 6) is 0. The molecule has 1 aliphatic heterocycles. The van der Waals surface area contributed by atoms with E-state index in [-0.39, 0.29) is 0 Å². The van der Waals surface area contributed by atoms with Gasteiger partial charge in [-0.25, -0.2) is 8.42 Å². The van der Waals surface area contributed by atoms with Gasteiger partial charge in [-0.3, -0.25) is 4.68 Å². The van der Waals surface area contributed by atoms with Crippen LogP contribution in [-0.2, 0) is 10.0 Å². The summed E-state index contributed by atoms with van der Waals surface area (Å²) in [4.78, 5) is 3.58. The first-order valence-electron chi connectivity index (χ1n) is 9.45. The zero-order chi connectivity index (χ0) is 18.1. The Morgan fingerprint density at radius 2 is 1.92 bits per heavy atom. The van der Waals surface area contributed by atoms with Crippen LogP contribution >= 0.6 is 11.3 Å². The van der Waals surface area contributed by atoms with Crippen LogP contribution < -0.4 is 0 Å². The molecule has 0 amide bonds. The highest BCUT2D eigenvalue weighted by atomic mass is 32.2. The second-order valence-electron chi connectivity index (χ2n) is 7.08. The van der Waals surface area contributed by atoms with Crippen LogP contribution in [0.2, 0.25) is 0 Å². The Balaban J connectivity index is 1.70. The topological polar surface area (TPSA) is 58.4 Å². The smallest absolute Gasteiger partial charge is 0.246 e. The molecule has 0 N–H and O–H groups in total. The lowest BCUT2D eigenvalue weighted by Gasteiger charge is -2.33. The standard InChI is InChI=1S/C18H26N4O2S2/c1-2-20-9-11-21(12-10-20)26(23,24)17-14-22(15-6-3-4-7-15)19-18(17)16-8-5-13-25-16/h5,8,13-15H,2-4,6-7,9-12H2,1H3. The molecule has 142 valence electrons. The first-order chi connectivity index (χ1) is 12.6. The molecule has 3 heterocycles. The maximum atomic E-state index is 13.4. The van der Waals surface area contributed by atoms with Crippen molar-refractivity contribution in [3.63, 3.8) is 0 Å². The van der Waals surface area contributed by atoms with Crippen LogP contribution in [0.5, 0.6) is 0 Å². The van der Waals surface area contributed by atoms with Crippen molar-refractivity contribution >= 4 is 21.4 Å². The predicted octanol–water partition coefficient (Wildman–Crippen LogP) is 3.05. The fourth-order valence-electron chi connectivity index (χ4n) is 3.93. The van der Waals surface area contributed by atoms with Gasteiger partial charge in [0.1, 0.15) is 10.6 Å². The Kier molecular flexibility index (Phi) is 5.18. The van der Waals surface area contributed by atoms with E-state index in [1.807, 2.05) is 22.2 Å². The molecule has 4 rings (SSSR count). The van der Waals surface area contributed by atoms with Gasteiger partial charge < -0.3 is 4.90 Å². The maximum absolute atomic E-state index is 13.4. The molecule has 1 saturated heterocycles. The molecule has 1 saturated carbocycles. The lowest BCUT2D eigenvalue weighted by Crippen LogP contribution is -2.48. The fraction of sp³-hybridized carbons (Fsp3) is 0.611. The van der Waals surface area contributed by atoms with E-state index >= 15 is 0 Å². The second kappa shape index (κ2) is 7.42. The van der Waals surface area contributed by atoms with Crippen LogP contribution in [0, 0.1) is 0 Å². The molecule has 2 aromatic heterocycles. The maximum Gasteiger partial charge on any atom is 0.246 e. The van der Waals surface area contributed by atoms with Crippen molar-refractivity contribution in [3.8, 4) is 10.6 Å². The van der Waals surface area contributed by atoms with Gasteiger partial charge in [-0.2, -0.15) is 9.40 Å². The number of sulfonamides is 1. The van der Waals surface area contributed by atoms with Gasteiger partial charge in [-0.05, 0) is 30.8 Å². The molecule has 8 heteroatoms. The first kappa shape index (κ1) is 18.2. The van der Waals surface area contributed by atoms with Crippen LogP contribution in [-0.4, -0.2) is 60.1 Å². The number of likely N-dealkylation sites (N-methyl/N-ethyl adjacent to an activating group) is 1. The van der Waals surface area contributed by atoms with Crippen LogP contribution in [0.3, 0.4) is 0 Å². The minimum atomic E-state index is -3.53. The van der Waals surface area contributed by atoms with Crippen molar-refractivity contribution in [3.05, 3.63) is 23.7 Å². The van der Waals surface area contributed by atoms with E-state index in [2.05, 4.69) is 11.8 Å². The predicted molar refractivity (Wildman–Crippen MR) is 104 cm³/mol. The van der Waals surface area contributed by atoms with Crippen LogP contribution in [0.4, 0.5) is 0 Å². The SMILES string of the molecule is CCN1CCN(S(=O)(=O)c2cn(C3CCCC3)nc2-c2cccs2)CC1. The van der Waals surface area contributed by atoms with Gasteiger partial charge >= 0.3 is 0 Å². The molecular weight excluding hydrogens is 368 g/mol. The summed E-state index contributed by atoms with van der Waals surface area (Å²) in [7, 11) is -3.53. The van der Waals surface area contributed by atoms with E-state index in [4.69, 9.17) is 5.10 Å². The summed E-state index contributed by atoms with van der Waals surface area (Å²) in [5.41, 5.74) is 0.616. The molecule has 2 fully saturated rings. The Bertz CT molecular complexity index is 831. The molecular formula is C18H26N4O2S2. The molecule has 0 unspecified atom stereocenters. The molecule has 6 nitrogen and oxygen atoms in total. The highest BCUT2D eigenvalue weighted by Crippen LogP contribution is 2.35.